The fourth-order valence-corrected chi connectivity index (χ4v) is 4.75. The number of alkyl halides is 1. The van der Waals surface area contributed by atoms with Crippen LogP contribution >= 0.6 is 31.9 Å². The fraction of sp³-hybridized carbons (Fsp3) is 0.571. The van der Waals surface area contributed by atoms with Gasteiger partial charge in [0.25, 0.3) is 0 Å². The molecule has 2 atom stereocenters. The van der Waals surface area contributed by atoms with Crippen molar-refractivity contribution in [1.29, 1.82) is 0 Å². The minimum Gasteiger partial charge on any atom is -0.482 e. The Kier molecular flexibility index (Phi) is 4.92. The number of halogens is 3. The van der Waals surface area contributed by atoms with Gasteiger partial charge in [0.2, 0.25) is 5.75 Å². The van der Waals surface area contributed by atoms with Gasteiger partial charge in [0.1, 0.15) is 11.9 Å². The van der Waals surface area contributed by atoms with Gasteiger partial charge in [-0.2, -0.15) is 0 Å². The Morgan fingerprint density at radius 1 is 1.48 bits per heavy atom. The summed E-state index contributed by atoms with van der Waals surface area (Å²) in [6, 6.07) is 2.08. The Morgan fingerprint density at radius 2 is 2.10 bits per heavy atom. The molecule has 2 unspecified atom stereocenters. The Bertz CT molecular complexity index is 563. The van der Waals surface area contributed by atoms with Crippen molar-refractivity contribution in [1.82, 2.24) is 0 Å². The van der Waals surface area contributed by atoms with Crippen molar-refractivity contribution in [3.8, 4) is 5.75 Å². The number of hydrogen-bond acceptors (Lipinski definition) is 3. The topological polar surface area (TPSA) is 52.4 Å². The zero-order chi connectivity index (χ0) is 15.8. The van der Waals surface area contributed by atoms with Gasteiger partial charge in [-0.25, -0.2) is 4.39 Å². The molecule has 0 radical (unpaired) electrons. The molecular weight excluding hydrogens is 409 g/mol. The third-order valence-electron chi connectivity index (χ3n) is 4.45. The summed E-state index contributed by atoms with van der Waals surface area (Å²) in [7, 11) is 0. The molecule has 1 saturated carbocycles. The summed E-state index contributed by atoms with van der Waals surface area (Å²) >= 11 is 6.81. The van der Waals surface area contributed by atoms with Gasteiger partial charge in [-0.1, -0.05) is 29.8 Å². The number of nitrogens with zero attached hydrogens (tertiary/aromatic N) is 1. The second-order valence-electron chi connectivity index (χ2n) is 5.24. The first kappa shape index (κ1) is 16.7. The molecule has 2 rings (SSSR count). The average molecular weight is 425 g/mol. The smallest absolute Gasteiger partial charge is 0.315 e. The van der Waals surface area contributed by atoms with Crippen molar-refractivity contribution in [2.75, 3.05) is 0 Å². The first-order chi connectivity index (χ1) is 9.85. The molecule has 0 heterocycles. The van der Waals surface area contributed by atoms with Crippen LogP contribution in [0.4, 0.5) is 10.1 Å². The maximum Gasteiger partial charge on any atom is 0.315 e. The van der Waals surface area contributed by atoms with E-state index in [1.54, 1.807) is 0 Å². The summed E-state index contributed by atoms with van der Waals surface area (Å²) in [5, 5.41) is 11.1. The first-order valence-electron chi connectivity index (χ1n) is 6.79. The average Bonchev–Trinajstić information content (AvgIpc) is 2.41. The number of nitro groups is 1. The molecule has 0 spiro atoms. The minimum atomic E-state index is -0.662. The molecule has 4 nitrogen and oxygen atoms in total. The molecule has 1 aliphatic rings. The van der Waals surface area contributed by atoms with Gasteiger partial charge >= 0.3 is 5.69 Å². The van der Waals surface area contributed by atoms with E-state index in [1.165, 1.54) is 6.07 Å². The maximum absolute atomic E-state index is 13.4. The highest BCUT2D eigenvalue weighted by Crippen LogP contribution is 2.54. The Morgan fingerprint density at radius 3 is 2.57 bits per heavy atom. The zero-order valence-corrected chi connectivity index (χ0v) is 14.9. The molecule has 0 amide bonds. The second-order valence-corrected chi connectivity index (χ2v) is 7.20. The second kappa shape index (κ2) is 6.20. The Hall–Kier alpha value is -0.690. The molecule has 1 aliphatic carbocycles. The lowest BCUT2D eigenvalue weighted by Gasteiger charge is -2.52. The van der Waals surface area contributed by atoms with Crippen molar-refractivity contribution in [3.05, 3.63) is 32.5 Å². The molecule has 7 heteroatoms. The molecule has 0 bridgehead atoms. The van der Waals surface area contributed by atoms with Crippen LogP contribution in [0.5, 0.6) is 5.75 Å². The highest BCUT2D eigenvalue weighted by atomic mass is 79.9. The van der Waals surface area contributed by atoms with E-state index in [-0.39, 0.29) is 27.4 Å². The number of nitro benzene ring substituents is 1. The van der Waals surface area contributed by atoms with E-state index in [1.807, 2.05) is 0 Å². The van der Waals surface area contributed by atoms with Crippen LogP contribution in [0.15, 0.2) is 16.6 Å². The van der Waals surface area contributed by atoms with Crippen molar-refractivity contribution in [2.45, 2.75) is 44.0 Å². The van der Waals surface area contributed by atoms with Crippen molar-refractivity contribution < 1.29 is 14.1 Å². The monoisotopic (exact) mass is 423 g/mol. The Labute approximate surface area is 139 Å². The van der Waals surface area contributed by atoms with Crippen LogP contribution in [-0.2, 0) is 0 Å². The van der Waals surface area contributed by atoms with Crippen LogP contribution in [-0.4, -0.2) is 15.9 Å². The fourth-order valence-electron chi connectivity index (χ4n) is 2.95. The van der Waals surface area contributed by atoms with Crippen molar-refractivity contribution >= 4 is 37.5 Å². The predicted octanol–water partition coefficient (Wildman–Crippen LogP) is 5.22. The lowest BCUT2D eigenvalue weighted by molar-refractivity contribution is -0.386. The van der Waals surface area contributed by atoms with Gasteiger partial charge < -0.3 is 4.74 Å². The molecule has 0 saturated heterocycles. The van der Waals surface area contributed by atoms with Crippen LogP contribution in [0.2, 0.25) is 0 Å². The van der Waals surface area contributed by atoms with Gasteiger partial charge in [0, 0.05) is 10.2 Å². The highest BCUT2D eigenvalue weighted by Gasteiger charge is 2.53. The van der Waals surface area contributed by atoms with E-state index < -0.39 is 10.7 Å². The van der Waals surface area contributed by atoms with Gasteiger partial charge in [-0.05, 0) is 41.3 Å². The van der Waals surface area contributed by atoms with Crippen LogP contribution in [0.1, 0.15) is 33.1 Å². The largest absolute Gasteiger partial charge is 0.482 e. The predicted molar refractivity (Wildman–Crippen MR) is 85.5 cm³/mol. The molecule has 1 aromatic rings. The summed E-state index contributed by atoms with van der Waals surface area (Å²) in [4.78, 5) is 10.8. The summed E-state index contributed by atoms with van der Waals surface area (Å²) in [6.07, 6.45) is 2.49. The molecular formula is C14H16Br2FNO3. The van der Waals surface area contributed by atoms with Gasteiger partial charge in [0.15, 0.2) is 0 Å². The number of benzene rings is 1. The lowest BCUT2D eigenvalue weighted by Crippen LogP contribution is -2.56. The molecule has 1 aromatic carbocycles. The molecule has 0 aromatic heterocycles. The molecule has 116 valence electrons. The summed E-state index contributed by atoms with van der Waals surface area (Å²) in [6.45, 7) is 4.17. The van der Waals surface area contributed by atoms with E-state index in [4.69, 9.17) is 4.74 Å². The standard InChI is InChI=1S/C14H16Br2FNO3/c1-3-14(4-2)11(16)7-12(14)21-13-9(15)5-8(17)6-10(13)18(19)20/h5-6,11-12H,3-4,7H2,1-2H3. The van der Waals surface area contributed by atoms with E-state index >= 15 is 0 Å². The minimum absolute atomic E-state index is 0.0400. The number of hydrogen-bond donors (Lipinski definition) is 0. The third kappa shape index (κ3) is 2.82. The normalized spacial score (nSPS) is 23.5. The quantitative estimate of drug-likeness (QED) is 0.370. The highest BCUT2D eigenvalue weighted by molar-refractivity contribution is 9.10. The summed E-state index contributed by atoms with van der Waals surface area (Å²) in [5.74, 6) is -0.553. The third-order valence-corrected chi connectivity index (χ3v) is 6.32. The number of ether oxygens (including phenoxy) is 1. The lowest BCUT2D eigenvalue weighted by atomic mass is 9.62. The number of rotatable bonds is 5. The van der Waals surface area contributed by atoms with Gasteiger partial charge in [0.05, 0.1) is 15.5 Å². The summed E-state index contributed by atoms with van der Waals surface area (Å²) < 4.78 is 19.5. The van der Waals surface area contributed by atoms with Crippen LogP contribution in [0.3, 0.4) is 0 Å². The molecule has 0 N–H and O–H groups in total. The van der Waals surface area contributed by atoms with Crippen LogP contribution in [0.25, 0.3) is 0 Å². The van der Waals surface area contributed by atoms with E-state index in [9.17, 15) is 14.5 Å². The molecule has 1 fully saturated rings. The van der Waals surface area contributed by atoms with Crippen LogP contribution in [0, 0.1) is 21.3 Å². The van der Waals surface area contributed by atoms with Crippen LogP contribution < -0.4 is 4.74 Å². The van der Waals surface area contributed by atoms with E-state index in [0.717, 1.165) is 25.3 Å². The van der Waals surface area contributed by atoms with Crippen molar-refractivity contribution in [2.24, 2.45) is 5.41 Å². The first-order valence-corrected chi connectivity index (χ1v) is 8.50. The Balaban J connectivity index is 2.34. The van der Waals surface area contributed by atoms with E-state index in [0.29, 0.717) is 4.83 Å². The zero-order valence-electron chi connectivity index (χ0n) is 11.7. The summed E-state index contributed by atoms with van der Waals surface area (Å²) in [5.41, 5.74) is -0.386. The van der Waals surface area contributed by atoms with E-state index in [2.05, 4.69) is 45.7 Å². The van der Waals surface area contributed by atoms with Gasteiger partial charge in [-0.3, -0.25) is 10.1 Å². The SMILES string of the molecule is CCC1(CC)C(Br)CC1Oc1c(Br)cc(F)cc1[N+](=O)[O-]. The van der Waals surface area contributed by atoms with Gasteiger partial charge in [-0.15, -0.1) is 0 Å². The molecule has 21 heavy (non-hydrogen) atoms. The molecule has 0 aliphatic heterocycles. The van der Waals surface area contributed by atoms with Crippen molar-refractivity contribution in [3.63, 3.8) is 0 Å². The maximum atomic E-state index is 13.4.